The smallest absolute Gasteiger partial charge is 0.410 e. The highest BCUT2D eigenvalue weighted by Crippen LogP contribution is 2.35. The van der Waals surface area contributed by atoms with Crippen LogP contribution in [-0.2, 0) is 27.4 Å². The molecule has 0 spiro atoms. The van der Waals surface area contributed by atoms with E-state index in [-0.39, 0.29) is 25.9 Å². The minimum atomic E-state index is -0.664. The van der Waals surface area contributed by atoms with E-state index in [1.807, 2.05) is 35.0 Å². The number of rotatable bonds is 14. The van der Waals surface area contributed by atoms with Crippen LogP contribution < -0.4 is 14.8 Å². The second kappa shape index (κ2) is 15.5. The maximum Gasteiger partial charge on any atom is 0.410 e. The summed E-state index contributed by atoms with van der Waals surface area (Å²) in [5.41, 5.74) is 0.681. The third kappa shape index (κ3) is 8.62. The zero-order valence-electron chi connectivity index (χ0n) is 24.1. The lowest BCUT2D eigenvalue weighted by atomic mass is 10.0. The van der Waals surface area contributed by atoms with Crippen molar-refractivity contribution in [3.05, 3.63) is 68.5 Å². The molecule has 1 aromatic carbocycles. The first kappa shape index (κ1) is 31.2. The maximum absolute atomic E-state index is 13.5. The van der Waals surface area contributed by atoms with E-state index >= 15 is 0 Å². The molecule has 3 heterocycles. The summed E-state index contributed by atoms with van der Waals surface area (Å²) in [5, 5.41) is 6.92. The number of urea groups is 1. The molecule has 0 saturated heterocycles. The lowest BCUT2D eigenvalue weighted by molar-refractivity contribution is -0.141. The molecule has 4 rings (SSSR count). The lowest BCUT2D eigenvalue weighted by Gasteiger charge is -2.31. The number of likely N-dealkylation sites (N-methyl/N-ethyl adjacent to an activating group) is 1. The first-order valence-electron chi connectivity index (χ1n) is 13.8. The Hall–Kier alpha value is -3.77. The van der Waals surface area contributed by atoms with Crippen molar-refractivity contribution in [1.82, 2.24) is 15.1 Å². The Labute approximate surface area is 254 Å². The molecule has 226 valence electrons. The van der Waals surface area contributed by atoms with Crippen molar-refractivity contribution in [2.24, 2.45) is 0 Å². The number of hydrogen-bond donors (Lipinski definition) is 1. The average Bonchev–Trinajstić information content (AvgIpc) is 3.79. The van der Waals surface area contributed by atoms with E-state index in [1.165, 1.54) is 7.11 Å². The van der Waals surface area contributed by atoms with Gasteiger partial charge in [-0.3, -0.25) is 9.69 Å². The summed E-state index contributed by atoms with van der Waals surface area (Å²) in [7, 11) is 2.98. The van der Waals surface area contributed by atoms with Gasteiger partial charge >= 0.3 is 18.1 Å². The summed E-state index contributed by atoms with van der Waals surface area (Å²) in [6, 6.07) is 11.8. The summed E-state index contributed by atoms with van der Waals surface area (Å²) in [5.74, 6) is 0.689. The summed E-state index contributed by atoms with van der Waals surface area (Å²) >= 11 is 3.17. The van der Waals surface area contributed by atoms with Gasteiger partial charge in [-0.15, -0.1) is 22.7 Å². The Bertz CT molecular complexity index is 1260. The number of ether oxygens (including phenoxy) is 4. The van der Waals surface area contributed by atoms with Gasteiger partial charge in [-0.05, 0) is 47.0 Å². The highest BCUT2D eigenvalue weighted by molar-refractivity contribution is 7.10. The van der Waals surface area contributed by atoms with E-state index in [4.69, 9.17) is 18.9 Å². The van der Waals surface area contributed by atoms with Crippen molar-refractivity contribution in [2.75, 3.05) is 27.6 Å². The van der Waals surface area contributed by atoms with Gasteiger partial charge in [0.25, 0.3) is 0 Å². The molecule has 2 atom stereocenters. The van der Waals surface area contributed by atoms with E-state index in [9.17, 15) is 14.4 Å². The molecule has 1 aliphatic rings. The molecule has 12 heteroatoms. The molecule has 0 bridgehead atoms. The lowest BCUT2D eigenvalue weighted by Crippen LogP contribution is -2.47. The predicted molar refractivity (Wildman–Crippen MR) is 161 cm³/mol. The third-order valence-corrected chi connectivity index (χ3v) is 8.69. The van der Waals surface area contributed by atoms with Crippen LogP contribution in [0.15, 0.2) is 53.2 Å². The molecule has 10 nitrogen and oxygen atoms in total. The van der Waals surface area contributed by atoms with Crippen LogP contribution >= 0.6 is 22.7 Å². The Kier molecular flexibility index (Phi) is 11.5. The minimum absolute atomic E-state index is 0.0415. The molecule has 42 heavy (non-hydrogen) atoms. The fraction of sp³-hybridized carbons (Fsp3) is 0.433. The molecule has 1 N–H and O–H groups in total. The number of benzene rings is 1. The minimum Gasteiger partial charge on any atom is -0.469 e. The fourth-order valence-corrected chi connectivity index (χ4v) is 5.94. The van der Waals surface area contributed by atoms with Crippen molar-refractivity contribution >= 4 is 40.8 Å². The topological polar surface area (TPSA) is 107 Å². The normalized spacial score (nSPS) is 13.2. The van der Waals surface area contributed by atoms with Crippen LogP contribution in [-0.4, -0.2) is 61.5 Å². The molecule has 0 saturated carbocycles. The molecule has 3 aromatic rings. The molecule has 0 aliphatic carbocycles. The highest BCUT2D eigenvalue weighted by Gasteiger charge is 2.28. The summed E-state index contributed by atoms with van der Waals surface area (Å²) < 4.78 is 21.6. The summed E-state index contributed by atoms with van der Waals surface area (Å²) in [4.78, 5) is 44.4. The predicted octanol–water partition coefficient (Wildman–Crippen LogP) is 6.18. The number of esters is 1. The van der Waals surface area contributed by atoms with Crippen LogP contribution in [0.2, 0.25) is 0 Å². The van der Waals surface area contributed by atoms with Crippen molar-refractivity contribution in [3.63, 3.8) is 0 Å². The van der Waals surface area contributed by atoms with Gasteiger partial charge in [-0.2, -0.15) is 0 Å². The zero-order chi connectivity index (χ0) is 29.9. The number of carbonyl (C=O) groups excluding carboxylic acids is 3. The maximum atomic E-state index is 13.5. The number of methoxy groups -OCH3 is 1. The summed E-state index contributed by atoms with van der Waals surface area (Å²) in [6.45, 7) is 3.11. The third-order valence-electron chi connectivity index (χ3n) is 6.97. The molecular weight excluding hydrogens is 578 g/mol. The van der Waals surface area contributed by atoms with Gasteiger partial charge in [0.05, 0.1) is 38.7 Å². The Morgan fingerprint density at radius 1 is 1.02 bits per heavy atom. The van der Waals surface area contributed by atoms with Gasteiger partial charge < -0.3 is 29.2 Å². The van der Waals surface area contributed by atoms with Crippen LogP contribution in [0.5, 0.6) is 11.5 Å². The number of amides is 3. The number of fused-ring (bicyclic) bond motifs is 1. The number of nitrogens with zero attached hydrogens (tertiary/aromatic N) is 2. The average molecular weight is 616 g/mol. The van der Waals surface area contributed by atoms with E-state index < -0.39 is 24.1 Å². The quantitative estimate of drug-likeness (QED) is 0.216. The van der Waals surface area contributed by atoms with E-state index in [0.29, 0.717) is 36.6 Å². The van der Waals surface area contributed by atoms with Gasteiger partial charge in [-0.25, -0.2) is 9.59 Å². The Morgan fingerprint density at radius 2 is 1.71 bits per heavy atom. The Balaban J connectivity index is 1.43. The summed E-state index contributed by atoms with van der Waals surface area (Å²) in [6.07, 6.45) is 1.92. The standard InChI is InChI=1S/C30H37N3O7S2/c1-4-5-8-22(19-38-30(36)33(17-23-9-6-13-41-23)18-24-10-7-14-42-24)32(2)29(35)31-25(16-28(34)37-3)21-11-12-26-27(15-21)40-20-39-26/h6-7,9-15,22,25H,4-5,8,16-20H2,1-3H3,(H,31,35)/t22-,25-/m0/s1. The van der Waals surface area contributed by atoms with Gasteiger partial charge in [0, 0.05) is 16.8 Å². The zero-order valence-corrected chi connectivity index (χ0v) is 25.7. The van der Waals surface area contributed by atoms with E-state index in [2.05, 4.69) is 12.2 Å². The Morgan fingerprint density at radius 3 is 2.33 bits per heavy atom. The first-order chi connectivity index (χ1) is 20.4. The molecule has 0 unspecified atom stereocenters. The monoisotopic (exact) mass is 615 g/mol. The van der Waals surface area contributed by atoms with Crippen molar-refractivity contribution in [1.29, 1.82) is 0 Å². The highest BCUT2D eigenvalue weighted by atomic mass is 32.1. The van der Waals surface area contributed by atoms with Crippen LogP contribution in [0.4, 0.5) is 9.59 Å². The fourth-order valence-electron chi connectivity index (χ4n) is 4.50. The number of nitrogens with one attached hydrogen (secondary N) is 1. The van der Waals surface area contributed by atoms with E-state index in [0.717, 1.165) is 22.6 Å². The van der Waals surface area contributed by atoms with Crippen molar-refractivity contribution in [2.45, 2.75) is 57.8 Å². The first-order valence-corrected chi connectivity index (χ1v) is 15.6. The molecular formula is C30H37N3O7S2. The van der Waals surface area contributed by atoms with Crippen LogP contribution in [0.3, 0.4) is 0 Å². The number of hydrogen-bond acceptors (Lipinski definition) is 9. The number of thiophene rings is 2. The van der Waals surface area contributed by atoms with Gasteiger partial charge in [0.2, 0.25) is 6.79 Å². The van der Waals surface area contributed by atoms with Crippen LogP contribution in [0.1, 0.15) is 54.0 Å². The molecule has 3 amide bonds. The van der Waals surface area contributed by atoms with Gasteiger partial charge in [-0.1, -0.05) is 38.0 Å². The molecule has 0 radical (unpaired) electrons. The second-order valence-corrected chi connectivity index (χ2v) is 12.0. The largest absolute Gasteiger partial charge is 0.469 e. The molecule has 2 aromatic heterocycles. The van der Waals surface area contributed by atoms with Crippen molar-refractivity contribution < 1.29 is 33.3 Å². The number of unbranched alkanes of at least 4 members (excludes halogenated alkanes) is 1. The number of carbonyl (C=O) groups is 3. The van der Waals surface area contributed by atoms with Crippen LogP contribution in [0.25, 0.3) is 0 Å². The SMILES string of the molecule is CCCC[C@@H](COC(=O)N(Cc1cccs1)Cc1cccs1)N(C)C(=O)N[C@@H](CC(=O)OC)c1ccc2c(c1)OCO2. The van der Waals surface area contributed by atoms with Crippen molar-refractivity contribution in [3.8, 4) is 11.5 Å². The van der Waals surface area contributed by atoms with Gasteiger partial charge in [0.15, 0.2) is 11.5 Å². The second-order valence-electron chi connectivity index (χ2n) is 9.89. The van der Waals surface area contributed by atoms with Gasteiger partial charge in [0.1, 0.15) is 6.61 Å². The van der Waals surface area contributed by atoms with Crippen LogP contribution in [0, 0.1) is 0 Å². The van der Waals surface area contributed by atoms with E-state index in [1.54, 1.807) is 57.7 Å². The molecule has 0 fully saturated rings. The molecule has 1 aliphatic heterocycles.